The van der Waals surface area contributed by atoms with Crippen molar-refractivity contribution in [3.05, 3.63) is 47.3 Å². The van der Waals surface area contributed by atoms with Crippen molar-refractivity contribution >= 4 is 29.0 Å². The summed E-state index contributed by atoms with van der Waals surface area (Å²) >= 11 is 6.07. The summed E-state index contributed by atoms with van der Waals surface area (Å²) in [5.74, 6) is 0.329. The van der Waals surface area contributed by atoms with Crippen molar-refractivity contribution in [1.29, 1.82) is 0 Å². The van der Waals surface area contributed by atoms with Gasteiger partial charge in [-0.15, -0.1) is 0 Å². The molecule has 1 amide bonds. The number of carbonyl (C=O) groups excluding carboxylic acids is 1. The number of benzene rings is 1. The molecule has 2 saturated heterocycles. The van der Waals surface area contributed by atoms with Crippen LogP contribution in [0.15, 0.2) is 30.7 Å². The maximum Gasteiger partial charge on any atom is 0.407 e. The molecular formula is C27H33ClFN5O3. The van der Waals surface area contributed by atoms with Gasteiger partial charge in [0.1, 0.15) is 11.1 Å². The third-order valence-corrected chi connectivity index (χ3v) is 7.72. The van der Waals surface area contributed by atoms with Crippen LogP contribution in [0.3, 0.4) is 0 Å². The summed E-state index contributed by atoms with van der Waals surface area (Å²) in [5.41, 5.74) is 1.76. The van der Waals surface area contributed by atoms with Crippen LogP contribution in [0.4, 0.5) is 15.0 Å². The molecule has 0 unspecified atom stereocenters. The van der Waals surface area contributed by atoms with Gasteiger partial charge in [-0.1, -0.05) is 17.7 Å². The summed E-state index contributed by atoms with van der Waals surface area (Å²) < 4.78 is 28.3. The molecule has 2 aliphatic rings. The fourth-order valence-corrected chi connectivity index (χ4v) is 5.81. The first kappa shape index (κ1) is 25.7. The van der Waals surface area contributed by atoms with E-state index in [9.17, 15) is 9.18 Å². The van der Waals surface area contributed by atoms with Crippen LogP contribution in [0.2, 0.25) is 5.02 Å². The normalized spacial score (nSPS) is 21.5. The zero-order valence-electron chi connectivity index (χ0n) is 21.8. The average Bonchev–Trinajstić information content (AvgIpc) is 3.42. The highest BCUT2D eigenvalue weighted by Crippen LogP contribution is 2.44. The summed E-state index contributed by atoms with van der Waals surface area (Å²) in [6, 6.07) is 4.83. The van der Waals surface area contributed by atoms with Crippen LogP contribution >= 0.6 is 11.6 Å². The highest BCUT2D eigenvalue weighted by Gasteiger charge is 2.50. The van der Waals surface area contributed by atoms with E-state index in [2.05, 4.69) is 15.2 Å². The van der Waals surface area contributed by atoms with E-state index in [-0.39, 0.29) is 22.6 Å². The zero-order valence-corrected chi connectivity index (χ0v) is 22.6. The Morgan fingerprint density at radius 2 is 2.03 bits per heavy atom. The van der Waals surface area contributed by atoms with E-state index in [1.807, 2.05) is 39.0 Å². The molecule has 2 fully saturated rings. The predicted octanol–water partition coefficient (Wildman–Crippen LogP) is 5.40. The number of piperidine rings is 1. The molecule has 0 bridgehead atoms. The van der Waals surface area contributed by atoms with Crippen LogP contribution in [-0.2, 0) is 9.47 Å². The molecule has 0 aliphatic carbocycles. The fourth-order valence-electron chi connectivity index (χ4n) is 5.63. The van der Waals surface area contributed by atoms with E-state index in [1.54, 1.807) is 24.7 Å². The molecule has 0 radical (unpaired) electrons. The van der Waals surface area contributed by atoms with Crippen molar-refractivity contribution in [1.82, 2.24) is 19.7 Å². The van der Waals surface area contributed by atoms with Crippen LogP contribution < -0.4 is 10.2 Å². The lowest BCUT2D eigenvalue weighted by Gasteiger charge is -2.43. The second kappa shape index (κ2) is 9.44. The molecule has 2 aromatic heterocycles. The highest BCUT2D eigenvalue weighted by molar-refractivity contribution is 6.31. The molecule has 1 aromatic carbocycles. The van der Waals surface area contributed by atoms with E-state index < -0.39 is 17.5 Å². The number of carbonyl (C=O) groups is 1. The minimum Gasteiger partial charge on any atom is -0.444 e. The SMILES string of the molecule is Cc1nc(N2CCC3(CC2)CO[C@@H](C)[C@H]3NC(=O)OC(C)(C)C)c2cncn2c1-c1cccc(Cl)c1F. The van der Waals surface area contributed by atoms with Gasteiger partial charge in [0.25, 0.3) is 0 Å². The molecule has 1 N–H and O–H groups in total. The largest absolute Gasteiger partial charge is 0.444 e. The number of nitrogens with one attached hydrogen (secondary N) is 1. The second-order valence-corrected chi connectivity index (χ2v) is 11.5. The highest BCUT2D eigenvalue weighted by atomic mass is 35.5. The van der Waals surface area contributed by atoms with Gasteiger partial charge in [0.15, 0.2) is 11.6 Å². The Labute approximate surface area is 221 Å². The van der Waals surface area contributed by atoms with Gasteiger partial charge in [0.05, 0.1) is 47.7 Å². The molecule has 2 aliphatic heterocycles. The molecule has 198 valence electrons. The third kappa shape index (κ3) is 4.75. The first-order valence-corrected chi connectivity index (χ1v) is 13.0. The van der Waals surface area contributed by atoms with E-state index >= 15 is 0 Å². The Bertz CT molecular complexity index is 1330. The number of hydrogen-bond acceptors (Lipinski definition) is 6. The number of imidazole rings is 1. The Morgan fingerprint density at radius 1 is 1.30 bits per heavy atom. The van der Waals surface area contributed by atoms with Gasteiger partial charge in [0, 0.05) is 24.1 Å². The molecule has 10 heteroatoms. The summed E-state index contributed by atoms with van der Waals surface area (Å²) in [4.78, 5) is 24.1. The van der Waals surface area contributed by atoms with Crippen molar-refractivity contribution in [2.75, 3.05) is 24.6 Å². The maximum absolute atomic E-state index is 14.9. The number of nitrogens with zero attached hydrogens (tertiary/aromatic N) is 4. The monoisotopic (exact) mass is 529 g/mol. The number of fused-ring (bicyclic) bond motifs is 1. The molecule has 2 atom stereocenters. The van der Waals surface area contributed by atoms with Crippen molar-refractivity contribution in [2.45, 2.75) is 65.2 Å². The Balaban J connectivity index is 1.40. The lowest BCUT2D eigenvalue weighted by molar-refractivity contribution is 0.0434. The van der Waals surface area contributed by atoms with Crippen LogP contribution in [0.1, 0.15) is 46.2 Å². The standard InChI is InChI=1S/C27H33ClFN5O3/c1-16-22(18-7-6-8-19(28)21(18)29)34-15-30-13-20(34)24(31-16)33-11-9-27(10-12-33)14-36-17(2)23(27)32-25(35)37-26(3,4)5/h6-8,13,15,17,23H,9-12,14H2,1-5H3,(H,32,35)/t17-,23+/m0/s1. The third-order valence-electron chi connectivity index (χ3n) is 7.43. The minimum atomic E-state index is -0.566. The minimum absolute atomic E-state index is 0.0677. The van der Waals surface area contributed by atoms with E-state index in [0.29, 0.717) is 23.6 Å². The predicted molar refractivity (Wildman–Crippen MR) is 141 cm³/mol. The van der Waals surface area contributed by atoms with Gasteiger partial charge in [-0.05, 0) is 59.6 Å². The van der Waals surface area contributed by atoms with Gasteiger partial charge in [-0.3, -0.25) is 4.40 Å². The van der Waals surface area contributed by atoms with Gasteiger partial charge >= 0.3 is 6.09 Å². The lowest BCUT2D eigenvalue weighted by Crippen LogP contribution is -2.55. The Hall–Kier alpha value is -2.91. The summed E-state index contributed by atoms with van der Waals surface area (Å²) in [6.45, 7) is 11.5. The van der Waals surface area contributed by atoms with Crippen molar-refractivity contribution in [3.8, 4) is 11.3 Å². The van der Waals surface area contributed by atoms with Crippen molar-refractivity contribution in [3.63, 3.8) is 0 Å². The molecule has 1 spiro atoms. The molecule has 8 nitrogen and oxygen atoms in total. The van der Waals surface area contributed by atoms with Crippen LogP contribution in [0.25, 0.3) is 16.8 Å². The number of ether oxygens (including phenoxy) is 2. The van der Waals surface area contributed by atoms with Gasteiger partial charge in [0.2, 0.25) is 0 Å². The maximum atomic E-state index is 14.9. The first-order valence-electron chi connectivity index (χ1n) is 12.6. The van der Waals surface area contributed by atoms with Gasteiger partial charge in [-0.25, -0.2) is 19.2 Å². The van der Waals surface area contributed by atoms with E-state index in [0.717, 1.165) is 37.3 Å². The van der Waals surface area contributed by atoms with Crippen LogP contribution in [-0.4, -0.2) is 57.9 Å². The zero-order chi connectivity index (χ0) is 26.5. The van der Waals surface area contributed by atoms with Crippen LogP contribution in [0, 0.1) is 18.2 Å². The lowest BCUT2D eigenvalue weighted by atomic mass is 9.73. The second-order valence-electron chi connectivity index (χ2n) is 11.1. The molecule has 3 aromatic rings. The number of aromatic nitrogens is 3. The first-order chi connectivity index (χ1) is 17.5. The number of halogens is 2. The number of rotatable bonds is 3. The molecule has 5 rings (SSSR count). The smallest absolute Gasteiger partial charge is 0.407 e. The van der Waals surface area contributed by atoms with E-state index in [4.69, 9.17) is 26.1 Å². The number of alkyl carbamates (subject to hydrolysis) is 1. The fraction of sp³-hybridized carbons (Fsp3) is 0.519. The number of amides is 1. The van der Waals surface area contributed by atoms with E-state index in [1.165, 1.54) is 6.07 Å². The Kier molecular flexibility index (Phi) is 6.56. The topological polar surface area (TPSA) is 81.0 Å². The molecule has 37 heavy (non-hydrogen) atoms. The average molecular weight is 530 g/mol. The summed E-state index contributed by atoms with van der Waals surface area (Å²) in [7, 11) is 0. The molecular weight excluding hydrogens is 497 g/mol. The molecule has 0 saturated carbocycles. The quantitative estimate of drug-likeness (QED) is 0.489. The number of anilines is 1. The van der Waals surface area contributed by atoms with Crippen molar-refractivity contribution in [2.24, 2.45) is 5.41 Å². The van der Waals surface area contributed by atoms with Crippen LogP contribution in [0.5, 0.6) is 0 Å². The summed E-state index contributed by atoms with van der Waals surface area (Å²) in [5, 5.41) is 3.16. The van der Waals surface area contributed by atoms with Crippen molar-refractivity contribution < 1.29 is 18.7 Å². The van der Waals surface area contributed by atoms with Gasteiger partial charge in [-0.2, -0.15) is 0 Å². The summed E-state index contributed by atoms with van der Waals surface area (Å²) in [6.07, 6.45) is 4.56. The molecule has 4 heterocycles. The number of hydrogen-bond donors (Lipinski definition) is 1. The Morgan fingerprint density at radius 3 is 2.73 bits per heavy atom. The van der Waals surface area contributed by atoms with Gasteiger partial charge < -0.3 is 19.7 Å². The number of aryl methyl sites for hydroxylation is 1.